The van der Waals surface area contributed by atoms with E-state index in [1.807, 2.05) is 19.9 Å². The predicted octanol–water partition coefficient (Wildman–Crippen LogP) is 0.882. The number of piperidine rings is 1. The molecule has 0 atom stereocenters. The van der Waals surface area contributed by atoms with Gasteiger partial charge in [-0.25, -0.2) is 4.98 Å². The second-order valence-corrected chi connectivity index (χ2v) is 5.97. The number of rotatable bonds is 3. The highest BCUT2D eigenvalue weighted by molar-refractivity contribution is 5.98. The van der Waals surface area contributed by atoms with E-state index in [0.717, 1.165) is 43.0 Å². The van der Waals surface area contributed by atoms with Crippen LogP contribution in [0, 0.1) is 13.8 Å². The Kier molecular flexibility index (Phi) is 3.89. The third-order valence-electron chi connectivity index (χ3n) is 4.41. The van der Waals surface area contributed by atoms with Crippen molar-refractivity contribution >= 4 is 17.7 Å². The Morgan fingerprint density at radius 1 is 1.30 bits per heavy atom. The Labute approximate surface area is 134 Å². The number of nitrogens with zero attached hydrogens (tertiary/aromatic N) is 4. The Hall–Kier alpha value is -2.64. The summed E-state index contributed by atoms with van der Waals surface area (Å²) in [5.74, 6) is 1.62. The zero-order valence-electron chi connectivity index (χ0n) is 13.3. The van der Waals surface area contributed by atoms with Gasteiger partial charge in [-0.1, -0.05) is 0 Å². The minimum atomic E-state index is -0.444. The van der Waals surface area contributed by atoms with Gasteiger partial charge < -0.3 is 16.4 Å². The van der Waals surface area contributed by atoms with Crippen LogP contribution in [0.15, 0.2) is 6.07 Å². The number of amides is 1. The number of aromatic nitrogens is 4. The quantitative estimate of drug-likeness (QED) is 0.771. The average Bonchev–Trinajstić information content (AvgIpc) is 2.96. The minimum absolute atomic E-state index is 0.272. The van der Waals surface area contributed by atoms with Gasteiger partial charge in [0.05, 0.1) is 5.56 Å². The van der Waals surface area contributed by atoms with E-state index in [9.17, 15) is 4.79 Å². The van der Waals surface area contributed by atoms with Crippen molar-refractivity contribution < 1.29 is 4.79 Å². The number of nitrogens with two attached hydrogens (primary N) is 2. The molecule has 0 spiro atoms. The van der Waals surface area contributed by atoms with Gasteiger partial charge in [0, 0.05) is 24.7 Å². The number of anilines is 2. The van der Waals surface area contributed by atoms with Gasteiger partial charge in [-0.3, -0.25) is 9.89 Å². The van der Waals surface area contributed by atoms with Crippen molar-refractivity contribution in [2.75, 3.05) is 23.7 Å². The van der Waals surface area contributed by atoms with E-state index in [1.165, 1.54) is 0 Å². The number of carbonyl (C=O) groups excluding carboxylic acids is 1. The van der Waals surface area contributed by atoms with Crippen LogP contribution in [0.4, 0.5) is 11.8 Å². The maximum atomic E-state index is 11.7. The topological polar surface area (TPSA) is 127 Å². The molecule has 5 N–H and O–H groups in total. The molecule has 8 heteroatoms. The molecule has 1 aliphatic rings. The SMILES string of the molecule is Cc1cc(C(N)=O)c(N2CCC(c3nc(N)n[nH]3)CC2)nc1C. The fraction of sp³-hybridized carbons (Fsp3) is 0.467. The van der Waals surface area contributed by atoms with Crippen LogP contribution in [0.5, 0.6) is 0 Å². The van der Waals surface area contributed by atoms with Crippen LogP contribution in [-0.2, 0) is 0 Å². The lowest BCUT2D eigenvalue weighted by Gasteiger charge is -2.33. The van der Waals surface area contributed by atoms with E-state index in [2.05, 4.69) is 25.1 Å². The fourth-order valence-electron chi connectivity index (χ4n) is 2.95. The highest BCUT2D eigenvalue weighted by Gasteiger charge is 2.26. The third kappa shape index (κ3) is 2.96. The van der Waals surface area contributed by atoms with Crippen molar-refractivity contribution in [2.45, 2.75) is 32.6 Å². The van der Waals surface area contributed by atoms with Gasteiger partial charge in [-0.2, -0.15) is 4.98 Å². The summed E-state index contributed by atoms with van der Waals surface area (Å²) >= 11 is 0. The van der Waals surface area contributed by atoms with E-state index in [-0.39, 0.29) is 5.95 Å². The fourth-order valence-corrected chi connectivity index (χ4v) is 2.95. The smallest absolute Gasteiger partial charge is 0.252 e. The first-order valence-electron chi connectivity index (χ1n) is 7.66. The maximum absolute atomic E-state index is 11.7. The first-order chi connectivity index (χ1) is 11.0. The van der Waals surface area contributed by atoms with Gasteiger partial charge in [-0.05, 0) is 38.3 Å². The summed E-state index contributed by atoms with van der Waals surface area (Å²) in [4.78, 5) is 22.6. The van der Waals surface area contributed by atoms with E-state index in [0.29, 0.717) is 17.3 Å². The van der Waals surface area contributed by atoms with Crippen LogP contribution < -0.4 is 16.4 Å². The van der Waals surface area contributed by atoms with Gasteiger partial charge in [0.2, 0.25) is 5.95 Å². The molecule has 1 aliphatic heterocycles. The zero-order chi connectivity index (χ0) is 16.6. The van der Waals surface area contributed by atoms with Gasteiger partial charge in [0.1, 0.15) is 11.6 Å². The van der Waals surface area contributed by atoms with Crippen LogP contribution in [-0.4, -0.2) is 39.2 Å². The lowest BCUT2D eigenvalue weighted by atomic mass is 9.95. The first kappa shape index (κ1) is 15.3. The zero-order valence-corrected chi connectivity index (χ0v) is 13.3. The molecule has 8 nitrogen and oxygen atoms in total. The number of nitrogens with one attached hydrogen (secondary N) is 1. The molecular weight excluding hydrogens is 294 g/mol. The van der Waals surface area contributed by atoms with Gasteiger partial charge in [0.25, 0.3) is 5.91 Å². The summed E-state index contributed by atoms with van der Waals surface area (Å²) in [5.41, 5.74) is 13.4. The van der Waals surface area contributed by atoms with Gasteiger partial charge in [-0.15, -0.1) is 5.10 Å². The van der Waals surface area contributed by atoms with Crippen LogP contribution >= 0.6 is 0 Å². The molecule has 1 fully saturated rings. The second-order valence-electron chi connectivity index (χ2n) is 5.97. The largest absolute Gasteiger partial charge is 0.367 e. The lowest BCUT2D eigenvalue weighted by Crippen LogP contribution is -2.35. The highest BCUT2D eigenvalue weighted by atomic mass is 16.1. The summed E-state index contributed by atoms with van der Waals surface area (Å²) in [6, 6.07) is 1.82. The summed E-state index contributed by atoms with van der Waals surface area (Å²) in [7, 11) is 0. The van der Waals surface area contributed by atoms with Crippen molar-refractivity contribution in [3.8, 4) is 0 Å². The highest BCUT2D eigenvalue weighted by Crippen LogP contribution is 2.30. The molecular formula is C15H21N7O. The average molecular weight is 315 g/mol. The maximum Gasteiger partial charge on any atom is 0.252 e. The molecule has 0 saturated carbocycles. The molecule has 2 aromatic heterocycles. The Bertz CT molecular complexity index is 731. The Balaban J connectivity index is 1.80. The normalized spacial score (nSPS) is 15.8. The van der Waals surface area contributed by atoms with Gasteiger partial charge in [0.15, 0.2) is 0 Å². The Morgan fingerprint density at radius 2 is 2.00 bits per heavy atom. The summed E-state index contributed by atoms with van der Waals surface area (Å²) in [6.45, 7) is 5.43. The van der Waals surface area contributed by atoms with E-state index in [1.54, 1.807) is 0 Å². The third-order valence-corrected chi connectivity index (χ3v) is 4.41. The number of H-pyrrole nitrogens is 1. The molecule has 3 rings (SSSR count). The van der Waals surface area contributed by atoms with Crippen LogP contribution in [0.1, 0.15) is 46.2 Å². The van der Waals surface area contributed by atoms with Crippen molar-refractivity contribution in [1.82, 2.24) is 20.2 Å². The molecule has 0 aliphatic carbocycles. The minimum Gasteiger partial charge on any atom is -0.367 e. The second kappa shape index (κ2) is 5.86. The predicted molar refractivity (Wildman–Crippen MR) is 87.2 cm³/mol. The summed E-state index contributed by atoms with van der Waals surface area (Å²) in [6.07, 6.45) is 1.78. The van der Waals surface area contributed by atoms with E-state index in [4.69, 9.17) is 11.5 Å². The first-order valence-corrected chi connectivity index (χ1v) is 7.66. The lowest BCUT2D eigenvalue weighted by molar-refractivity contribution is 0.1000. The summed E-state index contributed by atoms with van der Waals surface area (Å²) < 4.78 is 0. The van der Waals surface area contributed by atoms with Crippen molar-refractivity contribution in [3.63, 3.8) is 0 Å². The number of pyridine rings is 1. The molecule has 1 amide bonds. The monoisotopic (exact) mass is 315 g/mol. The molecule has 0 aromatic carbocycles. The van der Waals surface area contributed by atoms with Gasteiger partial charge >= 0.3 is 0 Å². The molecule has 0 radical (unpaired) electrons. The number of carbonyl (C=O) groups is 1. The van der Waals surface area contributed by atoms with Crippen LogP contribution in [0.3, 0.4) is 0 Å². The molecule has 2 aromatic rings. The van der Waals surface area contributed by atoms with E-state index < -0.39 is 5.91 Å². The number of hydrogen-bond donors (Lipinski definition) is 3. The molecule has 3 heterocycles. The number of aryl methyl sites for hydroxylation is 2. The van der Waals surface area contributed by atoms with Crippen molar-refractivity contribution in [3.05, 3.63) is 28.7 Å². The number of hydrogen-bond acceptors (Lipinski definition) is 6. The van der Waals surface area contributed by atoms with Crippen LogP contribution in [0.25, 0.3) is 0 Å². The van der Waals surface area contributed by atoms with Crippen molar-refractivity contribution in [1.29, 1.82) is 0 Å². The Morgan fingerprint density at radius 3 is 2.57 bits per heavy atom. The molecule has 122 valence electrons. The molecule has 0 unspecified atom stereocenters. The van der Waals surface area contributed by atoms with Crippen LogP contribution in [0.2, 0.25) is 0 Å². The van der Waals surface area contributed by atoms with E-state index >= 15 is 0 Å². The molecule has 0 bridgehead atoms. The molecule has 23 heavy (non-hydrogen) atoms. The number of nitrogen functional groups attached to an aromatic ring is 1. The molecule has 1 saturated heterocycles. The van der Waals surface area contributed by atoms with Crippen molar-refractivity contribution in [2.24, 2.45) is 5.73 Å². The number of primary amides is 1. The number of aromatic amines is 1. The summed E-state index contributed by atoms with van der Waals surface area (Å²) in [5, 5.41) is 6.76. The standard InChI is InChI=1S/C15H21N7O/c1-8-7-11(12(16)23)14(18-9(8)2)22-5-3-10(4-6-22)13-19-15(17)21-20-13/h7,10H,3-6H2,1-2H3,(H2,16,23)(H3,17,19,20,21).